The zero-order valence-corrected chi connectivity index (χ0v) is 14.7. The Bertz CT molecular complexity index is 512. The summed E-state index contributed by atoms with van der Waals surface area (Å²) in [5, 5.41) is 4.16. The Labute approximate surface area is 134 Å². The second-order valence-electron chi connectivity index (χ2n) is 5.69. The van der Waals surface area contributed by atoms with E-state index in [0.29, 0.717) is 18.4 Å². The molecule has 0 heterocycles. The zero-order valence-electron chi connectivity index (χ0n) is 13.1. The van der Waals surface area contributed by atoms with Gasteiger partial charge in [-0.15, -0.1) is 0 Å². The molecule has 1 aromatic rings. The van der Waals surface area contributed by atoms with Crippen LogP contribution >= 0.6 is 11.6 Å². The molecule has 1 N–H and O–H groups in total. The molecule has 5 heteroatoms. The highest BCUT2D eigenvalue weighted by molar-refractivity contribution is 7.91. The van der Waals surface area contributed by atoms with E-state index in [1.165, 1.54) is 5.56 Å². The fourth-order valence-corrected chi connectivity index (χ4v) is 3.21. The summed E-state index contributed by atoms with van der Waals surface area (Å²) in [5.74, 6) is 0.815. The number of hydrogen-bond acceptors (Lipinski definition) is 3. The maximum Gasteiger partial charge on any atom is 0.150 e. The van der Waals surface area contributed by atoms with Crippen LogP contribution in [0.4, 0.5) is 0 Å². The first-order chi connectivity index (χ1) is 9.84. The van der Waals surface area contributed by atoms with E-state index < -0.39 is 9.84 Å². The van der Waals surface area contributed by atoms with E-state index in [-0.39, 0.29) is 11.5 Å². The molecule has 0 aromatic heterocycles. The van der Waals surface area contributed by atoms with Crippen molar-refractivity contribution in [3.8, 4) is 0 Å². The summed E-state index contributed by atoms with van der Waals surface area (Å²) in [7, 11) is -2.88. The monoisotopic (exact) mass is 331 g/mol. The Morgan fingerprint density at radius 1 is 1.19 bits per heavy atom. The molecule has 120 valence electrons. The fourth-order valence-electron chi connectivity index (χ4n) is 2.19. The predicted octanol–water partition coefficient (Wildman–Crippen LogP) is 3.64. The summed E-state index contributed by atoms with van der Waals surface area (Å²) in [5.41, 5.74) is 1.21. The van der Waals surface area contributed by atoms with Gasteiger partial charge in [-0.1, -0.05) is 44.5 Å². The first-order valence-electron chi connectivity index (χ1n) is 7.53. The SMILES string of the molecule is CCS(=O)(=O)CCCC(CNC(C)C)c1ccc(Cl)cc1. The van der Waals surface area contributed by atoms with Gasteiger partial charge in [0.05, 0.1) is 5.75 Å². The number of sulfone groups is 1. The minimum absolute atomic E-state index is 0.225. The van der Waals surface area contributed by atoms with Gasteiger partial charge in [-0.05, 0) is 36.5 Å². The standard InChI is InChI=1S/C16H26ClNO2S/c1-4-21(19,20)11-5-6-15(12-18-13(2)3)14-7-9-16(17)10-8-14/h7-10,13,15,18H,4-6,11-12H2,1-3H3. The van der Waals surface area contributed by atoms with Crippen LogP contribution in [0.25, 0.3) is 0 Å². The second-order valence-corrected chi connectivity index (χ2v) is 8.60. The van der Waals surface area contributed by atoms with E-state index in [9.17, 15) is 8.42 Å². The van der Waals surface area contributed by atoms with E-state index in [2.05, 4.69) is 19.2 Å². The van der Waals surface area contributed by atoms with Gasteiger partial charge in [0.1, 0.15) is 9.84 Å². The molecule has 0 spiro atoms. The molecule has 21 heavy (non-hydrogen) atoms. The molecule has 0 aliphatic heterocycles. The number of hydrogen-bond donors (Lipinski definition) is 1. The molecule has 3 nitrogen and oxygen atoms in total. The van der Waals surface area contributed by atoms with Crippen molar-refractivity contribution in [1.29, 1.82) is 0 Å². The summed E-state index contributed by atoms with van der Waals surface area (Å²) < 4.78 is 23.2. The van der Waals surface area contributed by atoms with Crippen molar-refractivity contribution in [2.75, 3.05) is 18.1 Å². The van der Waals surface area contributed by atoms with Crippen molar-refractivity contribution in [2.24, 2.45) is 0 Å². The maximum absolute atomic E-state index is 11.6. The van der Waals surface area contributed by atoms with Gasteiger partial charge >= 0.3 is 0 Å². The maximum atomic E-state index is 11.6. The topological polar surface area (TPSA) is 46.2 Å². The molecule has 0 radical (unpaired) electrons. The van der Waals surface area contributed by atoms with Gasteiger partial charge < -0.3 is 5.32 Å². The summed E-state index contributed by atoms with van der Waals surface area (Å²) in [6, 6.07) is 8.26. The largest absolute Gasteiger partial charge is 0.314 e. The highest BCUT2D eigenvalue weighted by atomic mass is 35.5. The van der Waals surface area contributed by atoms with Crippen molar-refractivity contribution in [2.45, 2.75) is 45.6 Å². The molecule has 0 bridgehead atoms. The second kappa shape index (κ2) is 8.76. The zero-order chi connectivity index (χ0) is 15.9. The molecular formula is C16H26ClNO2S. The van der Waals surface area contributed by atoms with E-state index >= 15 is 0 Å². The number of halogens is 1. The first kappa shape index (κ1) is 18.5. The van der Waals surface area contributed by atoms with E-state index in [0.717, 1.165) is 18.0 Å². The molecular weight excluding hydrogens is 306 g/mol. The van der Waals surface area contributed by atoms with Crippen molar-refractivity contribution < 1.29 is 8.42 Å². The molecule has 0 saturated heterocycles. The Kier molecular flexibility index (Phi) is 7.71. The minimum Gasteiger partial charge on any atom is -0.314 e. The molecule has 0 aliphatic rings. The van der Waals surface area contributed by atoms with Crippen LogP contribution in [0, 0.1) is 0 Å². The highest BCUT2D eigenvalue weighted by Gasteiger charge is 2.14. The van der Waals surface area contributed by atoms with E-state index in [4.69, 9.17) is 11.6 Å². The quantitative estimate of drug-likeness (QED) is 0.751. The lowest BCUT2D eigenvalue weighted by molar-refractivity contribution is 0.503. The average molecular weight is 332 g/mol. The van der Waals surface area contributed by atoms with Gasteiger partial charge in [-0.2, -0.15) is 0 Å². The summed E-state index contributed by atoms with van der Waals surface area (Å²) in [6.45, 7) is 6.78. The van der Waals surface area contributed by atoms with Crippen molar-refractivity contribution in [3.63, 3.8) is 0 Å². The Morgan fingerprint density at radius 2 is 1.81 bits per heavy atom. The third kappa shape index (κ3) is 7.30. The number of benzene rings is 1. The highest BCUT2D eigenvalue weighted by Crippen LogP contribution is 2.23. The smallest absolute Gasteiger partial charge is 0.150 e. The van der Waals surface area contributed by atoms with Crippen LogP contribution < -0.4 is 5.32 Å². The van der Waals surface area contributed by atoms with Gasteiger partial charge in [0, 0.05) is 23.4 Å². The van der Waals surface area contributed by atoms with Crippen molar-refractivity contribution in [1.82, 2.24) is 5.32 Å². The van der Waals surface area contributed by atoms with Crippen LogP contribution in [0.1, 0.15) is 45.1 Å². The molecule has 0 fully saturated rings. The third-order valence-corrected chi connectivity index (χ3v) is 5.60. The van der Waals surface area contributed by atoms with Gasteiger partial charge in [-0.25, -0.2) is 8.42 Å². The molecule has 1 unspecified atom stereocenters. The minimum atomic E-state index is -2.88. The van der Waals surface area contributed by atoms with E-state index in [1.807, 2.05) is 24.3 Å². The van der Waals surface area contributed by atoms with Gasteiger partial charge in [-0.3, -0.25) is 0 Å². The van der Waals surface area contributed by atoms with Crippen LogP contribution in [0.15, 0.2) is 24.3 Å². The number of rotatable bonds is 9. The van der Waals surface area contributed by atoms with E-state index in [1.54, 1.807) is 6.92 Å². The molecule has 0 amide bonds. The average Bonchev–Trinajstić information content (AvgIpc) is 2.43. The van der Waals surface area contributed by atoms with Crippen LogP contribution in [-0.4, -0.2) is 32.5 Å². The third-order valence-electron chi connectivity index (χ3n) is 3.56. The summed E-state index contributed by atoms with van der Waals surface area (Å²) in [6.07, 6.45) is 1.56. The Balaban J connectivity index is 2.66. The summed E-state index contributed by atoms with van der Waals surface area (Å²) in [4.78, 5) is 0. The molecule has 1 aromatic carbocycles. The molecule has 1 rings (SSSR count). The van der Waals surface area contributed by atoms with Gasteiger partial charge in [0.15, 0.2) is 0 Å². The molecule has 1 atom stereocenters. The first-order valence-corrected chi connectivity index (χ1v) is 9.73. The van der Waals surface area contributed by atoms with Crippen LogP contribution in [0.3, 0.4) is 0 Å². The predicted molar refractivity (Wildman–Crippen MR) is 90.9 cm³/mol. The molecule has 0 saturated carbocycles. The number of nitrogens with one attached hydrogen (secondary N) is 1. The van der Waals surface area contributed by atoms with Crippen LogP contribution in [0.2, 0.25) is 5.02 Å². The van der Waals surface area contributed by atoms with Crippen molar-refractivity contribution >= 4 is 21.4 Å². The summed E-state index contributed by atoms with van der Waals surface area (Å²) >= 11 is 5.93. The lowest BCUT2D eigenvalue weighted by Gasteiger charge is -2.20. The lowest BCUT2D eigenvalue weighted by Crippen LogP contribution is -2.28. The van der Waals surface area contributed by atoms with Crippen LogP contribution in [-0.2, 0) is 9.84 Å². The fraction of sp³-hybridized carbons (Fsp3) is 0.625. The van der Waals surface area contributed by atoms with Gasteiger partial charge in [0.25, 0.3) is 0 Å². The van der Waals surface area contributed by atoms with Crippen LogP contribution in [0.5, 0.6) is 0 Å². The lowest BCUT2D eigenvalue weighted by atomic mass is 9.94. The normalized spacial score (nSPS) is 13.6. The van der Waals surface area contributed by atoms with Gasteiger partial charge in [0.2, 0.25) is 0 Å². The molecule has 0 aliphatic carbocycles. The Morgan fingerprint density at radius 3 is 2.33 bits per heavy atom. The van der Waals surface area contributed by atoms with Crippen molar-refractivity contribution in [3.05, 3.63) is 34.9 Å². The Hall–Kier alpha value is -0.580.